The lowest BCUT2D eigenvalue weighted by atomic mass is 10.0. The van der Waals surface area contributed by atoms with Crippen LogP contribution in [0, 0.1) is 0 Å². The van der Waals surface area contributed by atoms with E-state index in [1.54, 1.807) is 35.9 Å². The van der Waals surface area contributed by atoms with Crippen LogP contribution in [-0.4, -0.2) is 27.7 Å². The molecule has 206 valence electrons. The van der Waals surface area contributed by atoms with Crippen LogP contribution in [0.4, 0.5) is 0 Å². The van der Waals surface area contributed by atoms with E-state index in [1.807, 2.05) is 85.1 Å². The molecule has 1 heterocycles. The molecule has 0 radical (unpaired) electrons. The zero-order valence-corrected chi connectivity index (χ0v) is 23.7. The summed E-state index contributed by atoms with van der Waals surface area (Å²) >= 11 is 12.6. The molecule has 5 rings (SSSR count). The normalized spacial score (nSPS) is 11.1. The van der Waals surface area contributed by atoms with E-state index in [9.17, 15) is 9.90 Å². The van der Waals surface area contributed by atoms with Crippen molar-refractivity contribution in [2.75, 3.05) is 7.11 Å². The van der Waals surface area contributed by atoms with E-state index in [4.69, 9.17) is 32.9 Å². The summed E-state index contributed by atoms with van der Waals surface area (Å²) in [6.07, 6.45) is 5.64. The number of phenols is 1. The van der Waals surface area contributed by atoms with Gasteiger partial charge < -0.3 is 19.7 Å². The van der Waals surface area contributed by atoms with Crippen LogP contribution < -0.4 is 10.1 Å². The van der Waals surface area contributed by atoms with Crippen LogP contribution in [0.1, 0.15) is 17.0 Å². The number of nitrogens with one attached hydrogen (secondary N) is 1. The molecule has 4 aromatic carbocycles. The van der Waals surface area contributed by atoms with E-state index in [0.717, 1.165) is 33.6 Å². The summed E-state index contributed by atoms with van der Waals surface area (Å²) in [4.78, 5) is 17.7. The van der Waals surface area contributed by atoms with Crippen LogP contribution in [0.25, 0.3) is 34.5 Å². The number of rotatable bonds is 9. The molecule has 0 atom stereocenters. The van der Waals surface area contributed by atoms with Crippen LogP contribution in [0.3, 0.4) is 0 Å². The van der Waals surface area contributed by atoms with E-state index in [1.165, 1.54) is 0 Å². The van der Waals surface area contributed by atoms with Crippen molar-refractivity contribution in [1.82, 2.24) is 14.9 Å². The van der Waals surface area contributed by atoms with Crippen molar-refractivity contribution in [2.24, 2.45) is 0 Å². The fourth-order valence-electron chi connectivity index (χ4n) is 4.28. The topological polar surface area (TPSA) is 76.4 Å². The SMILES string of the molecule is COc1ccc(CNC(=O)Cn2cc(-c3ccc(Cl)cc3Cl)nc2/C=C/c2ccc(-c3ccc(O)cc3)cc2)cc1. The maximum absolute atomic E-state index is 12.9. The lowest BCUT2D eigenvalue weighted by molar-refractivity contribution is -0.121. The highest BCUT2D eigenvalue weighted by Crippen LogP contribution is 2.30. The van der Waals surface area contributed by atoms with Crippen LogP contribution >= 0.6 is 23.2 Å². The van der Waals surface area contributed by atoms with Crippen molar-refractivity contribution in [3.05, 3.63) is 124 Å². The summed E-state index contributed by atoms with van der Waals surface area (Å²) in [5, 5.41) is 13.5. The Kier molecular flexibility index (Phi) is 8.73. The monoisotopic (exact) mass is 583 g/mol. The minimum absolute atomic E-state index is 0.0772. The number of hydrogen-bond donors (Lipinski definition) is 2. The van der Waals surface area contributed by atoms with Crippen molar-refractivity contribution < 1.29 is 14.6 Å². The Morgan fingerprint density at radius 2 is 1.61 bits per heavy atom. The van der Waals surface area contributed by atoms with Gasteiger partial charge in [-0.2, -0.15) is 0 Å². The van der Waals surface area contributed by atoms with Gasteiger partial charge in [0.25, 0.3) is 0 Å². The second kappa shape index (κ2) is 12.8. The number of amides is 1. The summed E-state index contributed by atoms with van der Waals surface area (Å²) in [6.45, 7) is 0.472. The maximum atomic E-state index is 12.9. The molecule has 0 fully saturated rings. The number of imidazole rings is 1. The van der Waals surface area contributed by atoms with Crippen molar-refractivity contribution in [2.45, 2.75) is 13.1 Å². The minimum Gasteiger partial charge on any atom is -0.508 e. The second-order valence-electron chi connectivity index (χ2n) is 9.36. The predicted molar refractivity (Wildman–Crippen MR) is 165 cm³/mol. The Labute approximate surface area is 248 Å². The quantitative estimate of drug-likeness (QED) is 0.186. The summed E-state index contributed by atoms with van der Waals surface area (Å²) in [5.41, 5.74) is 5.35. The third-order valence-corrected chi connectivity index (χ3v) is 7.06. The first kappa shape index (κ1) is 28.0. The van der Waals surface area contributed by atoms with Gasteiger partial charge in [-0.3, -0.25) is 4.79 Å². The molecule has 1 amide bonds. The Bertz CT molecular complexity index is 1680. The molecule has 0 bridgehead atoms. The van der Waals surface area contributed by atoms with Crippen LogP contribution in [0.2, 0.25) is 10.0 Å². The smallest absolute Gasteiger partial charge is 0.240 e. The molecule has 0 aliphatic rings. The molecule has 0 saturated carbocycles. The third-order valence-electron chi connectivity index (χ3n) is 6.51. The van der Waals surface area contributed by atoms with Gasteiger partial charge in [0.05, 0.1) is 17.8 Å². The first-order chi connectivity index (χ1) is 19.9. The molecular weight excluding hydrogens is 557 g/mol. The minimum atomic E-state index is -0.153. The lowest BCUT2D eigenvalue weighted by Gasteiger charge is -2.08. The first-order valence-electron chi connectivity index (χ1n) is 12.9. The van der Waals surface area contributed by atoms with Gasteiger partial charge >= 0.3 is 0 Å². The Morgan fingerprint density at radius 1 is 0.927 bits per heavy atom. The fourth-order valence-corrected chi connectivity index (χ4v) is 4.79. The van der Waals surface area contributed by atoms with Gasteiger partial charge in [-0.15, -0.1) is 0 Å². The van der Waals surface area contributed by atoms with Crippen molar-refractivity contribution in [3.63, 3.8) is 0 Å². The summed E-state index contributed by atoms with van der Waals surface area (Å²) in [7, 11) is 1.62. The van der Waals surface area contributed by atoms with Gasteiger partial charge in [-0.25, -0.2) is 4.98 Å². The second-order valence-corrected chi connectivity index (χ2v) is 10.2. The Balaban J connectivity index is 1.36. The summed E-state index contributed by atoms with van der Waals surface area (Å²) in [6, 6.07) is 27.9. The summed E-state index contributed by atoms with van der Waals surface area (Å²) in [5.74, 6) is 1.45. The number of carbonyl (C=O) groups is 1. The molecule has 0 spiro atoms. The maximum Gasteiger partial charge on any atom is 0.240 e. The number of benzene rings is 4. The molecule has 0 unspecified atom stereocenters. The van der Waals surface area contributed by atoms with Gasteiger partial charge in [0, 0.05) is 23.3 Å². The molecule has 2 N–H and O–H groups in total. The van der Waals surface area contributed by atoms with E-state index in [0.29, 0.717) is 28.1 Å². The number of aromatic hydroxyl groups is 1. The Morgan fingerprint density at radius 3 is 2.27 bits per heavy atom. The molecule has 0 aliphatic carbocycles. The molecule has 0 aliphatic heterocycles. The van der Waals surface area contributed by atoms with Crippen molar-refractivity contribution in [1.29, 1.82) is 0 Å². The number of methoxy groups -OCH3 is 1. The van der Waals surface area contributed by atoms with Gasteiger partial charge in [-0.05, 0) is 70.8 Å². The number of nitrogens with zero attached hydrogens (tertiary/aromatic N) is 2. The molecule has 6 nitrogen and oxygen atoms in total. The van der Waals surface area contributed by atoms with Gasteiger partial charge in [0.1, 0.15) is 23.9 Å². The highest BCUT2D eigenvalue weighted by Gasteiger charge is 2.14. The van der Waals surface area contributed by atoms with Crippen molar-refractivity contribution in [3.8, 4) is 33.9 Å². The molecule has 5 aromatic rings. The summed E-state index contributed by atoms with van der Waals surface area (Å²) < 4.78 is 6.99. The van der Waals surface area contributed by atoms with Crippen LogP contribution in [0.15, 0.2) is 97.2 Å². The number of aromatic nitrogens is 2. The molecule has 8 heteroatoms. The third kappa shape index (κ3) is 7.17. The molecule has 41 heavy (non-hydrogen) atoms. The Hall–Kier alpha value is -4.52. The molecular formula is C33H27Cl2N3O3. The van der Waals surface area contributed by atoms with Gasteiger partial charge in [0.2, 0.25) is 5.91 Å². The van der Waals surface area contributed by atoms with E-state index < -0.39 is 0 Å². The number of hydrogen-bond acceptors (Lipinski definition) is 4. The van der Waals surface area contributed by atoms with Crippen LogP contribution in [-0.2, 0) is 17.9 Å². The predicted octanol–water partition coefficient (Wildman–Crippen LogP) is 7.72. The van der Waals surface area contributed by atoms with E-state index in [-0.39, 0.29) is 18.2 Å². The van der Waals surface area contributed by atoms with E-state index >= 15 is 0 Å². The molecule has 1 aromatic heterocycles. The standard InChI is InChI=1S/C33H27Cl2N3O3/c1-41-28-14-4-23(5-15-28)19-36-33(40)21-38-20-31(29-16-11-26(34)18-30(29)35)37-32(38)17-6-22-2-7-24(8-3-22)25-9-12-27(39)13-10-25/h2-18,20,39H,19,21H2,1H3,(H,36,40)/b17-6+. The van der Waals surface area contributed by atoms with Crippen LogP contribution in [0.5, 0.6) is 11.5 Å². The number of halogens is 2. The zero-order valence-electron chi connectivity index (χ0n) is 22.2. The zero-order chi connectivity index (χ0) is 28.8. The first-order valence-corrected chi connectivity index (χ1v) is 13.6. The fraction of sp³-hybridized carbons (Fsp3) is 0.0909. The largest absolute Gasteiger partial charge is 0.508 e. The number of phenolic OH excluding ortho intramolecular Hbond substituents is 1. The lowest BCUT2D eigenvalue weighted by Crippen LogP contribution is -2.27. The highest BCUT2D eigenvalue weighted by atomic mass is 35.5. The molecule has 0 saturated heterocycles. The van der Waals surface area contributed by atoms with Gasteiger partial charge in [0.15, 0.2) is 0 Å². The number of carbonyl (C=O) groups excluding carboxylic acids is 1. The average Bonchev–Trinajstić information content (AvgIpc) is 3.37. The highest BCUT2D eigenvalue weighted by molar-refractivity contribution is 6.36. The van der Waals surface area contributed by atoms with E-state index in [2.05, 4.69) is 5.32 Å². The number of ether oxygens (including phenoxy) is 1. The van der Waals surface area contributed by atoms with Crippen molar-refractivity contribution >= 4 is 41.3 Å². The van der Waals surface area contributed by atoms with Gasteiger partial charge in [-0.1, -0.05) is 77.8 Å². The average molecular weight is 585 g/mol.